The zero-order valence-electron chi connectivity index (χ0n) is 14.6. The van der Waals surface area contributed by atoms with Gasteiger partial charge in [-0.2, -0.15) is 0 Å². The van der Waals surface area contributed by atoms with Gasteiger partial charge in [0.1, 0.15) is 0 Å². The van der Waals surface area contributed by atoms with Gasteiger partial charge >= 0.3 is 0 Å². The molecule has 0 saturated carbocycles. The molecule has 7 heteroatoms. The topological polar surface area (TPSA) is 76.0 Å². The molecule has 1 heterocycles. The molecule has 3 aromatic rings. The fourth-order valence-corrected chi connectivity index (χ4v) is 3.70. The Kier molecular flexibility index (Phi) is 4.92. The van der Waals surface area contributed by atoms with E-state index in [1.54, 1.807) is 31.6 Å². The normalized spacial score (nSPS) is 11.3. The summed E-state index contributed by atoms with van der Waals surface area (Å²) in [5.74, 6) is 0. The molecule has 0 amide bonds. The molecule has 134 valence electrons. The molecule has 0 aliphatic heterocycles. The molecule has 0 atom stereocenters. The van der Waals surface area contributed by atoms with Gasteiger partial charge in [0.15, 0.2) is 0 Å². The van der Waals surface area contributed by atoms with E-state index in [1.165, 1.54) is 0 Å². The summed E-state index contributed by atoms with van der Waals surface area (Å²) in [6, 6.07) is 12.8. The lowest BCUT2D eigenvalue weighted by molar-refractivity contribution is 0.575. The molecule has 0 saturated heterocycles. The number of nitrogens with one attached hydrogen (secondary N) is 2. The monoisotopic (exact) mass is 368 g/mol. The highest BCUT2D eigenvalue weighted by Gasteiger charge is 2.17. The molecule has 0 bridgehead atoms. The summed E-state index contributed by atoms with van der Waals surface area (Å²) >= 11 is 0. The number of hydrogen-bond acceptors (Lipinski definition) is 4. The van der Waals surface area contributed by atoms with E-state index in [-0.39, 0.29) is 4.90 Å². The molecule has 0 spiro atoms. The van der Waals surface area contributed by atoms with Crippen LogP contribution in [0.25, 0.3) is 11.4 Å². The molecule has 0 aliphatic carbocycles. The van der Waals surface area contributed by atoms with Gasteiger partial charge < -0.3 is 9.99 Å². The van der Waals surface area contributed by atoms with Crippen molar-refractivity contribution in [3.8, 4) is 5.69 Å². The van der Waals surface area contributed by atoms with Crippen molar-refractivity contribution < 1.29 is 8.42 Å². The van der Waals surface area contributed by atoms with Crippen LogP contribution in [0.15, 0.2) is 72.7 Å². The number of aromatic nitrogens is 2. The van der Waals surface area contributed by atoms with Gasteiger partial charge in [-0.1, -0.05) is 30.8 Å². The maximum atomic E-state index is 12.5. The molecule has 2 N–H and O–H groups in total. The van der Waals surface area contributed by atoms with Crippen LogP contribution in [-0.2, 0) is 10.0 Å². The number of hydrazine groups is 1. The van der Waals surface area contributed by atoms with E-state index in [0.717, 1.165) is 16.8 Å². The first-order chi connectivity index (χ1) is 12.4. The Labute approximate surface area is 153 Å². The summed E-state index contributed by atoms with van der Waals surface area (Å²) in [5.41, 5.74) is 6.43. The third kappa shape index (κ3) is 3.84. The number of imidazole rings is 1. The van der Waals surface area contributed by atoms with Gasteiger partial charge in [0.25, 0.3) is 10.0 Å². The van der Waals surface area contributed by atoms with Gasteiger partial charge in [-0.15, -0.1) is 4.83 Å². The summed E-state index contributed by atoms with van der Waals surface area (Å²) in [4.78, 5) is 6.65. The number of aryl methyl sites for hydroxylation is 2. The van der Waals surface area contributed by atoms with Crippen molar-refractivity contribution in [3.05, 3.63) is 84.5 Å². The van der Waals surface area contributed by atoms with E-state index in [4.69, 9.17) is 0 Å². The maximum absolute atomic E-state index is 12.5. The first-order valence-corrected chi connectivity index (χ1v) is 9.48. The van der Waals surface area contributed by atoms with Gasteiger partial charge in [0.2, 0.25) is 0 Å². The minimum atomic E-state index is -3.69. The molecular formula is C19H20N4O2S. The van der Waals surface area contributed by atoms with Gasteiger partial charge in [0.05, 0.1) is 11.2 Å². The molecule has 0 aliphatic rings. The van der Waals surface area contributed by atoms with Crippen LogP contribution in [0.4, 0.5) is 0 Å². The first-order valence-electron chi connectivity index (χ1n) is 7.99. The molecular weight excluding hydrogens is 348 g/mol. The molecule has 3 rings (SSSR count). The van der Waals surface area contributed by atoms with Crippen molar-refractivity contribution in [1.82, 2.24) is 19.8 Å². The lowest BCUT2D eigenvalue weighted by atomic mass is 10.1. The Hall–Kier alpha value is -2.90. The van der Waals surface area contributed by atoms with Crippen LogP contribution in [0.3, 0.4) is 0 Å². The van der Waals surface area contributed by atoms with Crippen LogP contribution in [0.1, 0.15) is 16.7 Å². The fraction of sp³-hybridized carbons (Fsp3) is 0.105. The molecule has 6 nitrogen and oxygen atoms in total. The number of sulfonamides is 1. The lowest BCUT2D eigenvalue weighted by Crippen LogP contribution is -2.36. The third-order valence-corrected chi connectivity index (χ3v) is 5.38. The molecule has 1 aromatic heterocycles. The van der Waals surface area contributed by atoms with Crippen LogP contribution >= 0.6 is 0 Å². The highest BCUT2D eigenvalue weighted by molar-refractivity contribution is 7.89. The highest BCUT2D eigenvalue weighted by Crippen LogP contribution is 2.17. The Morgan fingerprint density at radius 2 is 1.85 bits per heavy atom. The van der Waals surface area contributed by atoms with Crippen LogP contribution in [0.5, 0.6) is 0 Å². The molecule has 26 heavy (non-hydrogen) atoms. The van der Waals surface area contributed by atoms with Crippen molar-refractivity contribution in [2.75, 3.05) is 0 Å². The summed E-state index contributed by atoms with van der Waals surface area (Å²) in [7, 11) is -3.69. The zero-order chi connectivity index (χ0) is 18.7. The first kappa shape index (κ1) is 17.9. The van der Waals surface area contributed by atoms with Crippen molar-refractivity contribution in [2.24, 2.45) is 0 Å². The summed E-state index contributed by atoms with van der Waals surface area (Å²) < 4.78 is 26.9. The number of benzene rings is 2. The van der Waals surface area contributed by atoms with Gasteiger partial charge in [-0.05, 0) is 48.7 Å². The van der Waals surface area contributed by atoms with Crippen LogP contribution in [-0.4, -0.2) is 18.0 Å². The zero-order valence-corrected chi connectivity index (χ0v) is 15.4. The van der Waals surface area contributed by atoms with E-state index in [1.807, 2.05) is 48.0 Å². The smallest absolute Gasteiger partial charge is 0.257 e. The number of rotatable bonds is 6. The Bertz CT molecular complexity index is 1020. The lowest BCUT2D eigenvalue weighted by Gasteiger charge is -2.14. The molecule has 2 aromatic carbocycles. The van der Waals surface area contributed by atoms with Crippen LogP contribution in [0, 0.1) is 13.8 Å². The van der Waals surface area contributed by atoms with E-state index >= 15 is 0 Å². The van der Waals surface area contributed by atoms with Gasteiger partial charge in [0, 0.05) is 23.8 Å². The highest BCUT2D eigenvalue weighted by atomic mass is 32.2. The Balaban J connectivity index is 1.71. The van der Waals surface area contributed by atoms with Crippen molar-refractivity contribution >= 4 is 15.7 Å². The summed E-state index contributed by atoms with van der Waals surface area (Å²) in [6.45, 7) is 7.51. The quantitative estimate of drug-likeness (QED) is 0.656. The second kappa shape index (κ2) is 7.15. The van der Waals surface area contributed by atoms with E-state index < -0.39 is 10.0 Å². The summed E-state index contributed by atoms with van der Waals surface area (Å²) in [5, 5.41) is 0. The SMILES string of the molecule is C=C(NNS(=O)(=O)c1cc(C)ccc1C)c1ccc(-n2ccnc2)cc1. The standard InChI is InChI=1S/C19H20N4O2S/c1-14-4-5-15(2)19(12-14)26(24,25)22-21-16(3)17-6-8-18(9-7-17)23-11-10-20-13-23/h4-13,21-22H,3H2,1-2H3. The third-order valence-electron chi connectivity index (χ3n) is 3.99. The average molecular weight is 368 g/mol. The second-order valence-electron chi connectivity index (χ2n) is 5.99. The maximum Gasteiger partial charge on any atom is 0.257 e. The van der Waals surface area contributed by atoms with Crippen molar-refractivity contribution in [1.29, 1.82) is 0 Å². The predicted molar refractivity (Wildman–Crippen MR) is 102 cm³/mol. The second-order valence-corrected chi connectivity index (χ2v) is 7.65. The largest absolute Gasteiger partial charge is 0.308 e. The number of hydrogen-bond donors (Lipinski definition) is 2. The molecule has 0 fully saturated rings. The predicted octanol–water partition coefficient (Wildman–Crippen LogP) is 2.94. The van der Waals surface area contributed by atoms with Crippen molar-refractivity contribution in [2.45, 2.75) is 18.7 Å². The van der Waals surface area contributed by atoms with Gasteiger partial charge in [-0.3, -0.25) is 0 Å². The van der Waals surface area contributed by atoms with Crippen LogP contribution in [0.2, 0.25) is 0 Å². The molecule has 0 unspecified atom stereocenters. The fourth-order valence-electron chi connectivity index (χ4n) is 2.50. The summed E-state index contributed by atoms with van der Waals surface area (Å²) in [6.07, 6.45) is 5.26. The minimum absolute atomic E-state index is 0.244. The number of nitrogens with zero attached hydrogens (tertiary/aromatic N) is 2. The van der Waals surface area contributed by atoms with Crippen molar-refractivity contribution in [3.63, 3.8) is 0 Å². The van der Waals surface area contributed by atoms with E-state index in [2.05, 4.69) is 21.8 Å². The van der Waals surface area contributed by atoms with E-state index in [0.29, 0.717) is 11.3 Å². The minimum Gasteiger partial charge on any atom is -0.308 e. The Morgan fingerprint density at radius 1 is 1.12 bits per heavy atom. The average Bonchev–Trinajstić information content (AvgIpc) is 3.16. The van der Waals surface area contributed by atoms with E-state index in [9.17, 15) is 8.42 Å². The Morgan fingerprint density at radius 3 is 2.50 bits per heavy atom. The van der Waals surface area contributed by atoms with Gasteiger partial charge in [-0.25, -0.2) is 13.4 Å². The molecule has 0 radical (unpaired) electrons. The van der Waals surface area contributed by atoms with Crippen LogP contribution < -0.4 is 10.3 Å².